The zero-order valence-electron chi connectivity index (χ0n) is 11.3. The van der Waals surface area contributed by atoms with Gasteiger partial charge in [0.2, 0.25) is 5.91 Å². The first kappa shape index (κ1) is 14.2. The van der Waals surface area contributed by atoms with Crippen molar-refractivity contribution in [3.8, 4) is 0 Å². The Morgan fingerprint density at radius 3 is 2.20 bits per heavy atom. The maximum absolute atomic E-state index is 12.0. The third-order valence-electron chi connectivity index (χ3n) is 3.71. The molecular weight excluding hydrogens is 258 g/mol. The van der Waals surface area contributed by atoms with Crippen LogP contribution in [0.1, 0.15) is 36.5 Å². The molecule has 2 atom stereocenters. The fraction of sp³-hybridized carbons (Fsp3) is 0.400. The molecule has 1 aliphatic carbocycles. The van der Waals surface area contributed by atoms with Crippen molar-refractivity contribution in [2.75, 3.05) is 5.32 Å². The Kier molecular flexibility index (Phi) is 4.17. The highest BCUT2D eigenvalue weighted by molar-refractivity contribution is 5.96. The topological polar surface area (TPSA) is 83.5 Å². The van der Waals surface area contributed by atoms with Crippen LogP contribution in [0.5, 0.6) is 0 Å². The van der Waals surface area contributed by atoms with Crippen LogP contribution in [-0.4, -0.2) is 22.8 Å². The van der Waals surface area contributed by atoms with E-state index in [1.165, 1.54) is 6.92 Å². The molecule has 5 nitrogen and oxygen atoms in total. The number of amides is 1. The lowest BCUT2D eigenvalue weighted by Gasteiger charge is -2.11. The highest BCUT2D eigenvalue weighted by Gasteiger charge is 2.33. The molecule has 0 bridgehead atoms. The third kappa shape index (κ3) is 3.23. The molecule has 0 spiro atoms. The first-order chi connectivity index (χ1) is 9.47. The number of nitrogens with one attached hydrogen (secondary N) is 1. The van der Waals surface area contributed by atoms with Crippen LogP contribution in [0.25, 0.3) is 0 Å². The van der Waals surface area contributed by atoms with Crippen molar-refractivity contribution >= 4 is 23.3 Å². The maximum Gasteiger partial charge on any atom is 0.306 e. The molecule has 106 valence electrons. The molecule has 20 heavy (non-hydrogen) atoms. The summed E-state index contributed by atoms with van der Waals surface area (Å²) >= 11 is 0. The van der Waals surface area contributed by atoms with Crippen molar-refractivity contribution in [3.63, 3.8) is 0 Å². The lowest BCUT2D eigenvalue weighted by molar-refractivity contribution is -0.141. The number of rotatable bonds is 4. The number of carboxylic acid groups (broad SMARTS) is 1. The standard InChI is InChI=1S/C15H17NO4/c1-9(17)10-4-6-13(7-5-10)16-14(18)11-2-3-12(8-11)15(19)20/h4-7,11-12H,2-3,8H2,1H3,(H,16,18)(H,19,20)/t11-,12-/m1/s1. The van der Waals surface area contributed by atoms with Gasteiger partial charge in [0.05, 0.1) is 5.92 Å². The van der Waals surface area contributed by atoms with Crippen molar-refractivity contribution in [1.29, 1.82) is 0 Å². The summed E-state index contributed by atoms with van der Waals surface area (Å²) in [5.74, 6) is -1.66. The number of carboxylic acids is 1. The minimum absolute atomic E-state index is 0.0250. The predicted molar refractivity (Wildman–Crippen MR) is 73.5 cm³/mol. The molecule has 2 N–H and O–H groups in total. The number of carbonyl (C=O) groups excluding carboxylic acids is 2. The van der Waals surface area contributed by atoms with Gasteiger partial charge >= 0.3 is 5.97 Å². The Hall–Kier alpha value is -2.17. The molecule has 0 saturated heterocycles. The fourth-order valence-electron chi connectivity index (χ4n) is 2.48. The summed E-state index contributed by atoms with van der Waals surface area (Å²) in [7, 11) is 0. The van der Waals surface area contributed by atoms with E-state index in [2.05, 4.69) is 5.32 Å². The van der Waals surface area contributed by atoms with Crippen LogP contribution in [0.3, 0.4) is 0 Å². The highest BCUT2D eigenvalue weighted by Crippen LogP contribution is 2.31. The van der Waals surface area contributed by atoms with E-state index in [9.17, 15) is 14.4 Å². The van der Waals surface area contributed by atoms with Crippen molar-refractivity contribution in [3.05, 3.63) is 29.8 Å². The van der Waals surface area contributed by atoms with Gasteiger partial charge in [-0.15, -0.1) is 0 Å². The number of ketones is 1. The van der Waals surface area contributed by atoms with Crippen LogP contribution in [0.4, 0.5) is 5.69 Å². The summed E-state index contributed by atoms with van der Waals surface area (Å²) in [5, 5.41) is 11.7. The predicted octanol–water partition coefficient (Wildman–Crippen LogP) is 2.33. The maximum atomic E-state index is 12.0. The second kappa shape index (κ2) is 5.86. The fourth-order valence-corrected chi connectivity index (χ4v) is 2.48. The summed E-state index contributed by atoms with van der Waals surface area (Å²) in [5.41, 5.74) is 1.22. The van der Waals surface area contributed by atoms with E-state index >= 15 is 0 Å². The molecule has 5 heteroatoms. The molecule has 1 fully saturated rings. The molecule has 1 amide bonds. The molecule has 1 aromatic rings. The van der Waals surface area contributed by atoms with Gasteiger partial charge in [-0.05, 0) is 50.5 Å². The van der Waals surface area contributed by atoms with E-state index in [0.717, 1.165) is 0 Å². The summed E-state index contributed by atoms with van der Waals surface area (Å²) in [4.78, 5) is 34.0. The molecule has 0 aromatic heterocycles. The largest absolute Gasteiger partial charge is 0.481 e. The Morgan fingerprint density at radius 1 is 1.10 bits per heavy atom. The number of benzene rings is 1. The van der Waals surface area contributed by atoms with Crippen LogP contribution in [-0.2, 0) is 9.59 Å². The van der Waals surface area contributed by atoms with Crippen molar-refractivity contribution in [1.82, 2.24) is 0 Å². The summed E-state index contributed by atoms with van der Waals surface area (Å²) in [6.45, 7) is 1.48. The van der Waals surface area contributed by atoms with E-state index in [-0.39, 0.29) is 17.6 Å². The number of hydrogen-bond acceptors (Lipinski definition) is 3. The monoisotopic (exact) mass is 275 g/mol. The number of hydrogen-bond donors (Lipinski definition) is 2. The minimum Gasteiger partial charge on any atom is -0.481 e. The molecule has 0 unspecified atom stereocenters. The normalized spacial score (nSPS) is 21.4. The van der Waals surface area contributed by atoms with E-state index in [0.29, 0.717) is 30.5 Å². The lowest BCUT2D eigenvalue weighted by Crippen LogP contribution is -2.21. The van der Waals surface area contributed by atoms with Gasteiger partial charge in [-0.1, -0.05) is 0 Å². The minimum atomic E-state index is -0.828. The summed E-state index contributed by atoms with van der Waals surface area (Å²) in [6, 6.07) is 6.68. The third-order valence-corrected chi connectivity index (χ3v) is 3.71. The SMILES string of the molecule is CC(=O)c1ccc(NC(=O)[C@@H]2CC[C@@H](C(=O)O)C2)cc1. The Bertz CT molecular complexity index is 535. The van der Waals surface area contributed by atoms with Crippen LogP contribution >= 0.6 is 0 Å². The van der Waals surface area contributed by atoms with Crippen LogP contribution in [0.2, 0.25) is 0 Å². The van der Waals surface area contributed by atoms with Crippen LogP contribution in [0.15, 0.2) is 24.3 Å². The summed E-state index contributed by atoms with van der Waals surface area (Å²) < 4.78 is 0. The van der Waals surface area contributed by atoms with E-state index in [4.69, 9.17) is 5.11 Å². The van der Waals surface area contributed by atoms with Gasteiger partial charge in [0, 0.05) is 17.2 Å². The molecule has 0 radical (unpaired) electrons. The average Bonchev–Trinajstić information content (AvgIpc) is 2.89. The lowest BCUT2D eigenvalue weighted by atomic mass is 10.0. The summed E-state index contributed by atoms with van der Waals surface area (Å²) in [6.07, 6.45) is 1.55. The highest BCUT2D eigenvalue weighted by atomic mass is 16.4. The Labute approximate surface area is 117 Å². The van der Waals surface area contributed by atoms with Crippen molar-refractivity contribution < 1.29 is 19.5 Å². The van der Waals surface area contributed by atoms with Gasteiger partial charge in [0.25, 0.3) is 0 Å². The Morgan fingerprint density at radius 2 is 1.70 bits per heavy atom. The molecule has 1 aliphatic rings. The quantitative estimate of drug-likeness (QED) is 0.826. The van der Waals surface area contributed by atoms with Gasteiger partial charge in [-0.2, -0.15) is 0 Å². The van der Waals surface area contributed by atoms with Crippen molar-refractivity contribution in [2.45, 2.75) is 26.2 Å². The first-order valence-electron chi connectivity index (χ1n) is 6.62. The van der Waals surface area contributed by atoms with Gasteiger partial charge in [0.1, 0.15) is 0 Å². The second-order valence-electron chi connectivity index (χ2n) is 5.17. The molecular formula is C15H17NO4. The molecule has 0 aliphatic heterocycles. The van der Waals surface area contributed by atoms with E-state index < -0.39 is 11.9 Å². The zero-order chi connectivity index (χ0) is 14.7. The second-order valence-corrected chi connectivity index (χ2v) is 5.17. The number of carbonyl (C=O) groups is 3. The van der Waals surface area contributed by atoms with Gasteiger partial charge < -0.3 is 10.4 Å². The number of aliphatic carboxylic acids is 1. The van der Waals surface area contributed by atoms with E-state index in [1.54, 1.807) is 24.3 Å². The Balaban J connectivity index is 1.95. The first-order valence-corrected chi connectivity index (χ1v) is 6.62. The van der Waals surface area contributed by atoms with E-state index in [1.807, 2.05) is 0 Å². The average molecular weight is 275 g/mol. The van der Waals surface area contributed by atoms with Gasteiger partial charge in [-0.3, -0.25) is 14.4 Å². The molecule has 1 aromatic carbocycles. The van der Waals surface area contributed by atoms with Crippen molar-refractivity contribution in [2.24, 2.45) is 11.8 Å². The van der Waals surface area contributed by atoms with Gasteiger partial charge in [-0.25, -0.2) is 0 Å². The molecule has 2 rings (SSSR count). The zero-order valence-corrected chi connectivity index (χ0v) is 11.3. The van der Waals surface area contributed by atoms with Crippen LogP contribution in [0, 0.1) is 11.8 Å². The molecule has 0 heterocycles. The van der Waals surface area contributed by atoms with Gasteiger partial charge in [0.15, 0.2) is 5.78 Å². The number of Topliss-reactive ketones (excluding diaryl/α,β-unsaturated/α-hetero) is 1. The van der Waals surface area contributed by atoms with Crippen LogP contribution < -0.4 is 5.32 Å². The molecule has 1 saturated carbocycles. The number of anilines is 1. The smallest absolute Gasteiger partial charge is 0.306 e.